The van der Waals surface area contributed by atoms with E-state index < -0.39 is 38.0 Å². The van der Waals surface area contributed by atoms with Gasteiger partial charge in [0.15, 0.2) is 0 Å². The lowest BCUT2D eigenvalue weighted by atomic mass is 10.0. The minimum atomic E-state index is -3.93. The molecule has 2 aromatic carbocycles. The van der Waals surface area contributed by atoms with Crippen molar-refractivity contribution in [3.05, 3.63) is 83.4 Å². The smallest absolute Gasteiger partial charge is 0.250 e. The van der Waals surface area contributed by atoms with Gasteiger partial charge >= 0.3 is 0 Å². The summed E-state index contributed by atoms with van der Waals surface area (Å²) in [6, 6.07) is 15.9. The van der Waals surface area contributed by atoms with Crippen molar-refractivity contribution in [1.29, 1.82) is 0 Å². The van der Waals surface area contributed by atoms with E-state index in [9.17, 15) is 26.7 Å². The van der Waals surface area contributed by atoms with E-state index >= 15 is 0 Å². The Morgan fingerprint density at radius 3 is 2.37 bits per heavy atom. The quantitative estimate of drug-likeness (QED) is 0.140. The molecule has 4 aromatic rings. The second-order valence-electron chi connectivity index (χ2n) is 12.0. The number of nitrogens with zero attached hydrogens (tertiary/aromatic N) is 2. The Balaban J connectivity index is 1.42. The van der Waals surface area contributed by atoms with Gasteiger partial charge in [-0.25, -0.2) is 16.8 Å². The summed E-state index contributed by atoms with van der Waals surface area (Å²) in [5.41, 5.74) is 2.78. The van der Waals surface area contributed by atoms with E-state index in [1.54, 1.807) is 35.7 Å². The second kappa shape index (κ2) is 15.7. The lowest BCUT2D eigenvalue weighted by Crippen LogP contribution is -2.48. The number of carbonyl (C=O) groups is 1. The minimum Gasteiger partial charge on any atom is -0.395 e. The monoisotopic (exact) mass is 688 g/mol. The summed E-state index contributed by atoms with van der Waals surface area (Å²) in [7, 11) is -5.85. The molecule has 2 atom stereocenters. The normalized spacial score (nSPS) is 13.8. The summed E-state index contributed by atoms with van der Waals surface area (Å²) < 4.78 is 59.5. The Labute approximate surface area is 276 Å². The molecule has 0 saturated heterocycles. The number of aryl methyl sites for hydroxylation is 2. The first-order valence-corrected chi connectivity index (χ1v) is 19.2. The van der Waals surface area contributed by atoms with Crippen molar-refractivity contribution in [3.8, 4) is 0 Å². The maximum Gasteiger partial charge on any atom is 0.250 e. The number of nitrogens with one attached hydrogen (secondary N) is 2. The van der Waals surface area contributed by atoms with E-state index in [2.05, 4.69) is 10.0 Å². The molecule has 10 nitrogen and oxygen atoms in total. The molecular formula is C33H44N4O6S3. The molecule has 0 bridgehead atoms. The molecule has 0 aliphatic rings. The van der Waals surface area contributed by atoms with Crippen LogP contribution in [0, 0.1) is 12.8 Å². The van der Waals surface area contributed by atoms with Crippen molar-refractivity contribution in [3.63, 3.8) is 0 Å². The second-order valence-corrected chi connectivity index (χ2v) is 16.8. The fraction of sp³-hybridized carbons (Fsp3) is 0.424. The number of unbranched alkanes of at least 4 members (excludes halogenated alkanes) is 1. The highest BCUT2D eigenvalue weighted by atomic mass is 32.2. The number of amides is 1. The number of rotatable bonds is 17. The zero-order valence-electron chi connectivity index (χ0n) is 26.7. The fourth-order valence-electron chi connectivity index (χ4n) is 5.47. The van der Waals surface area contributed by atoms with Crippen LogP contribution in [0.3, 0.4) is 0 Å². The topological polar surface area (TPSA) is 138 Å². The van der Waals surface area contributed by atoms with E-state index in [1.165, 1.54) is 10.4 Å². The van der Waals surface area contributed by atoms with Crippen LogP contribution in [0.5, 0.6) is 0 Å². The Morgan fingerprint density at radius 1 is 1.00 bits per heavy atom. The number of thiophene rings is 1. The number of fused-ring (bicyclic) bond motifs is 1. The number of aliphatic hydroxyl groups is 1. The van der Waals surface area contributed by atoms with Gasteiger partial charge in [0.1, 0.15) is 10.3 Å². The van der Waals surface area contributed by atoms with Crippen LogP contribution in [0.15, 0.2) is 81.3 Å². The van der Waals surface area contributed by atoms with E-state index in [4.69, 9.17) is 0 Å². The van der Waals surface area contributed by atoms with Crippen molar-refractivity contribution in [2.45, 2.75) is 67.6 Å². The summed E-state index contributed by atoms with van der Waals surface area (Å²) >= 11 is 1.08. The number of sulfonamides is 2. The third-order valence-electron chi connectivity index (χ3n) is 7.83. The van der Waals surface area contributed by atoms with E-state index in [-0.39, 0.29) is 41.1 Å². The number of aromatic nitrogens is 1. The minimum absolute atomic E-state index is 0.0465. The Kier molecular flexibility index (Phi) is 12.2. The van der Waals surface area contributed by atoms with Crippen molar-refractivity contribution in [1.82, 2.24) is 18.9 Å². The number of aliphatic hydroxyl groups excluding tert-OH is 1. The van der Waals surface area contributed by atoms with Crippen molar-refractivity contribution in [2.24, 2.45) is 13.0 Å². The van der Waals surface area contributed by atoms with Gasteiger partial charge in [0.2, 0.25) is 15.9 Å². The average molecular weight is 689 g/mol. The number of benzene rings is 2. The molecule has 0 saturated carbocycles. The van der Waals surface area contributed by atoms with Gasteiger partial charge in [-0.3, -0.25) is 4.79 Å². The van der Waals surface area contributed by atoms with Gasteiger partial charge in [-0.15, -0.1) is 11.3 Å². The van der Waals surface area contributed by atoms with Crippen LogP contribution in [0.4, 0.5) is 0 Å². The fourth-order valence-corrected chi connectivity index (χ4v) is 9.49. The third kappa shape index (κ3) is 8.84. The highest BCUT2D eigenvalue weighted by Gasteiger charge is 2.32. The molecule has 250 valence electrons. The Morgan fingerprint density at radius 2 is 1.72 bits per heavy atom. The first kappa shape index (κ1) is 35.8. The molecular weight excluding hydrogens is 645 g/mol. The van der Waals surface area contributed by atoms with Gasteiger partial charge in [0.25, 0.3) is 10.0 Å². The van der Waals surface area contributed by atoms with E-state index in [1.807, 2.05) is 62.8 Å². The molecule has 0 fully saturated rings. The van der Waals surface area contributed by atoms with Gasteiger partial charge in [-0.1, -0.05) is 62.2 Å². The molecule has 2 aromatic heterocycles. The van der Waals surface area contributed by atoms with E-state index in [0.29, 0.717) is 19.3 Å². The van der Waals surface area contributed by atoms with E-state index in [0.717, 1.165) is 33.4 Å². The number of hydrogen-bond donors (Lipinski definition) is 3. The van der Waals surface area contributed by atoms with Crippen molar-refractivity contribution >= 4 is 48.2 Å². The lowest BCUT2D eigenvalue weighted by molar-refractivity contribution is -0.122. The molecule has 46 heavy (non-hydrogen) atoms. The van der Waals surface area contributed by atoms with Crippen LogP contribution in [0.25, 0.3) is 10.9 Å². The van der Waals surface area contributed by atoms with Crippen molar-refractivity contribution < 1.29 is 26.7 Å². The number of para-hydroxylation sites is 1. The Bertz CT molecular complexity index is 1800. The van der Waals surface area contributed by atoms with Gasteiger partial charge in [0.05, 0.1) is 11.5 Å². The summed E-state index contributed by atoms with van der Waals surface area (Å²) in [6.45, 7) is 5.95. The first-order valence-electron chi connectivity index (χ1n) is 15.4. The predicted octanol–water partition coefficient (Wildman–Crippen LogP) is 4.43. The zero-order valence-corrected chi connectivity index (χ0v) is 29.2. The molecule has 3 N–H and O–H groups in total. The molecule has 13 heteroatoms. The summed E-state index contributed by atoms with van der Waals surface area (Å²) in [5.74, 6) is -0.402. The van der Waals surface area contributed by atoms with Crippen LogP contribution < -0.4 is 10.0 Å². The third-order valence-corrected chi connectivity index (χ3v) is 12.6. The van der Waals surface area contributed by atoms with Gasteiger partial charge in [-0.05, 0) is 67.3 Å². The van der Waals surface area contributed by atoms with Crippen LogP contribution in [-0.4, -0.2) is 68.5 Å². The molecule has 4 rings (SSSR count). The SMILES string of the molecule is Cc1ccc(S(=O)(=O)N(CC(C)C)[C@H](CO)CCCCNC(=O)[C@H](Cc2cn(C)c3ccccc23)NS(=O)(=O)c2cccs2)cc1. The highest BCUT2D eigenvalue weighted by Crippen LogP contribution is 2.24. The summed E-state index contributed by atoms with van der Waals surface area (Å²) in [5, 5.41) is 15.7. The van der Waals surface area contributed by atoms with Gasteiger partial charge < -0.3 is 15.0 Å². The van der Waals surface area contributed by atoms with Gasteiger partial charge in [0, 0.05) is 43.3 Å². The molecule has 0 aliphatic heterocycles. The lowest BCUT2D eigenvalue weighted by Gasteiger charge is -2.31. The maximum atomic E-state index is 13.6. The summed E-state index contributed by atoms with van der Waals surface area (Å²) in [6.07, 6.45) is 3.52. The van der Waals surface area contributed by atoms with Crippen molar-refractivity contribution in [2.75, 3.05) is 19.7 Å². The van der Waals surface area contributed by atoms with Crippen LogP contribution >= 0.6 is 11.3 Å². The Hall–Kier alpha value is -3.07. The highest BCUT2D eigenvalue weighted by molar-refractivity contribution is 7.91. The molecule has 0 spiro atoms. The predicted molar refractivity (Wildman–Crippen MR) is 183 cm³/mol. The average Bonchev–Trinajstić information content (AvgIpc) is 3.67. The largest absolute Gasteiger partial charge is 0.395 e. The van der Waals surface area contributed by atoms with Gasteiger partial charge in [-0.2, -0.15) is 9.03 Å². The maximum absolute atomic E-state index is 13.6. The van der Waals surface area contributed by atoms with Crippen LogP contribution in [0.2, 0.25) is 0 Å². The molecule has 0 unspecified atom stereocenters. The summed E-state index contributed by atoms with van der Waals surface area (Å²) in [4.78, 5) is 13.7. The standard InChI is InChI=1S/C33H44N4O6S3/c1-24(2)21-37(46(42,43)28-16-14-25(3)15-17-28)27(23-38)10-7-8-18-34-33(39)30(35-45(40,41)32-13-9-19-44-32)20-26-22-36(4)31-12-6-5-11-29(26)31/h5-6,9,11-17,19,22,24,27,30,35,38H,7-8,10,18,20-21,23H2,1-4H3,(H,34,39)/t27-,30-/m0/s1. The number of carbonyl (C=O) groups excluding carboxylic acids is 1. The van der Waals surface area contributed by atoms with Crippen LogP contribution in [-0.2, 0) is 38.3 Å². The molecule has 1 amide bonds. The molecule has 0 radical (unpaired) electrons. The first-order chi connectivity index (χ1) is 21.8. The zero-order chi connectivity index (χ0) is 33.5. The number of hydrogen-bond acceptors (Lipinski definition) is 7. The molecule has 0 aliphatic carbocycles. The van der Waals surface area contributed by atoms with Crippen LogP contribution in [0.1, 0.15) is 44.2 Å². The molecule has 2 heterocycles.